The molecule has 0 saturated heterocycles. The lowest BCUT2D eigenvalue weighted by molar-refractivity contribution is 0.182. The largest absolute Gasteiger partial charge is 0.465 e. The quantitative estimate of drug-likeness (QED) is 0.753. The molecule has 0 unspecified atom stereocenters. The fourth-order valence-corrected chi connectivity index (χ4v) is 3.33. The molecule has 1 amide bonds. The molecule has 0 aliphatic rings. The zero-order valence-corrected chi connectivity index (χ0v) is 14.3. The Morgan fingerprint density at radius 2 is 2.00 bits per heavy atom. The number of hydrogen-bond donors (Lipinski definition) is 3. The van der Waals surface area contributed by atoms with E-state index in [0.717, 1.165) is 22.0 Å². The van der Waals surface area contributed by atoms with Gasteiger partial charge in [-0.1, -0.05) is 18.2 Å². The number of benzene rings is 1. The zero-order chi connectivity index (χ0) is 17.3. The van der Waals surface area contributed by atoms with Crippen molar-refractivity contribution in [3.05, 3.63) is 35.5 Å². The van der Waals surface area contributed by atoms with Crippen LogP contribution in [0.3, 0.4) is 0 Å². The second-order valence-electron chi connectivity index (χ2n) is 6.52. The number of carbonyl (C=O) groups is 1. The van der Waals surface area contributed by atoms with Crippen LogP contribution in [0.4, 0.5) is 4.79 Å². The van der Waals surface area contributed by atoms with Gasteiger partial charge in [0.2, 0.25) is 0 Å². The minimum atomic E-state index is -3.02. The zero-order valence-electron chi connectivity index (χ0n) is 13.5. The van der Waals surface area contributed by atoms with E-state index >= 15 is 0 Å². The van der Waals surface area contributed by atoms with E-state index < -0.39 is 21.5 Å². The number of aromatic amines is 1. The normalized spacial score (nSPS) is 12.5. The fraction of sp³-hybridized carbons (Fsp3) is 0.438. The van der Waals surface area contributed by atoms with Crippen LogP contribution in [0.5, 0.6) is 0 Å². The van der Waals surface area contributed by atoms with Crippen LogP contribution in [-0.2, 0) is 22.7 Å². The second-order valence-corrected chi connectivity index (χ2v) is 8.78. The molecular weight excluding hydrogens is 316 g/mol. The third kappa shape index (κ3) is 4.72. The molecule has 0 saturated carbocycles. The van der Waals surface area contributed by atoms with Crippen LogP contribution < -0.4 is 5.32 Å². The summed E-state index contributed by atoms with van der Waals surface area (Å²) < 4.78 is 22.7. The molecule has 1 aromatic heterocycles. The first-order chi connectivity index (χ1) is 10.6. The summed E-state index contributed by atoms with van der Waals surface area (Å²) >= 11 is 0. The Hall–Kier alpha value is -2.02. The van der Waals surface area contributed by atoms with Crippen molar-refractivity contribution in [2.24, 2.45) is 0 Å². The SMILES string of the molecule is CC(C)(Cc1c[nH]c2c(CCS(C)(=O)=O)cccc12)NC(=O)O. The van der Waals surface area contributed by atoms with Gasteiger partial charge in [0.05, 0.1) is 5.75 Å². The topological polar surface area (TPSA) is 99.3 Å². The van der Waals surface area contributed by atoms with Crippen molar-refractivity contribution in [3.63, 3.8) is 0 Å². The van der Waals surface area contributed by atoms with Crippen LogP contribution in [0.25, 0.3) is 10.9 Å². The maximum atomic E-state index is 11.4. The lowest BCUT2D eigenvalue weighted by Gasteiger charge is -2.24. The van der Waals surface area contributed by atoms with Crippen LogP contribution in [0.15, 0.2) is 24.4 Å². The average molecular weight is 338 g/mol. The monoisotopic (exact) mass is 338 g/mol. The molecule has 126 valence electrons. The highest BCUT2D eigenvalue weighted by Gasteiger charge is 2.22. The third-order valence-electron chi connectivity index (χ3n) is 3.71. The summed E-state index contributed by atoms with van der Waals surface area (Å²) in [5.41, 5.74) is 2.27. The predicted octanol–water partition coefficient (Wildman–Crippen LogP) is 2.34. The summed E-state index contributed by atoms with van der Waals surface area (Å²) in [5, 5.41) is 12.4. The van der Waals surface area contributed by atoms with Crippen molar-refractivity contribution in [1.82, 2.24) is 10.3 Å². The minimum Gasteiger partial charge on any atom is -0.465 e. The number of hydrogen-bond acceptors (Lipinski definition) is 3. The lowest BCUT2D eigenvalue weighted by atomic mass is 9.94. The molecule has 1 aromatic carbocycles. The first-order valence-corrected chi connectivity index (χ1v) is 9.40. The van der Waals surface area contributed by atoms with E-state index in [1.807, 2.05) is 38.2 Å². The molecule has 0 atom stereocenters. The predicted molar refractivity (Wildman–Crippen MR) is 90.7 cm³/mol. The number of aryl methyl sites for hydroxylation is 1. The summed E-state index contributed by atoms with van der Waals surface area (Å²) in [7, 11) is -3.02. The summed E-state index contributed by atoms with van der Waals surface area (Å²) in [6.45, 7) is 3.65. The van der Waals surface area contributed by atoms with Crippen molar-refractivity contribution >= 4 is 26.8 Å². The lowest BCUT2D eigenvalue weighted by Crippen LogP contribution is -2.44. The van der Waals surface area contributed by atoms with Crippen LogP contribution in [-0.4, -0.2) is 42.1 Å². The number of H-pyrrole nitrogens is 1. The Morgan fingerprint density at radius 1 is 1.30 bits per heavy atom. The highest BCUT2D eigenvalue weighted by molar-refractivity contribution is 7.90. The summed E-state index contributed by atoms with van der Waals surface area (Å²) in [5.74, 6) is 0.104. The maximum Gasteiger partial charge on any atom is 0.405 e. The average Bonchev–Trinajstić information content (AvgIpc) is 2.77. The van der Waals surface area contributed by atoms with Gasteiger partial charge in [-0.25, -0.2) is 13.2 Å². The molecule has 0 radical (unpaired) electrons. The van der Waals surface area contributed by atoms with E-state index in [4.69, 9.17) is 5.11 Å². The van der Waals surface area contributed by atoms with Gasteiger partial charge in [0.15, 0.2) is 0 Å². The molecule has 2 aromatic rings. The van der Waals surface area contributed by atoms with Crippen molar-refractivity contribution < 1.29 is 18.3 Å². The van der Waals surface area contributed by atoms with Gasteiger partial charge in [0, 0.05) is 28.9 Å². The van der Waals surface area contributed by atoms with Crippen LogP contribution in [0.2, 0.25) is 0 Å². The number of amides is 1. The molecular formula is C16H22N2O4S. The molecule has 0 aliphatic carbocycles. The number of rotatable bonds is 6. The fourth-order valence-electron chi connectivity index (χ4n) is 2.73. The number of para-hydroxylation sites is 1. The van der Waals surface area contributed by atoms with Gasteiger partial charge in [0.1, 0.15) is 9.84 Å². The molecule has 23 heavy (non-hydrogen) atoms. The van der Waals surface area contributed by atoms with Gasteiger partial charge in [-0.3, -0.25) is 0 Å². The molecule has 0 aliphatic heterocycles. The van der Waals surface area contributed by atoms with Crippen molar-refractivity contribution in [2.75, 3.05) is 12.0 Å². The Morgan fingerprint density at radius 3 is 2.61 bits per heavy atom. The maximum absolute atomic E-state index is 11.4. The van der Waals surface area contributed by atoms with E-state index in [-0.39, 0.29) is 5.75 Å². The number of nitrogens with one attached hydrogen (secondary N) is 2. The number of carboxylic acid groups (broad SMARTS) is 1. The molecule has 0 bridgehead atoms. The van der Waals surface area contributed by atoms with Gasteiger partial charge in [-0.15, -0.1) is 0 Å². The van der Waals surface area contributed by atoms with Crippen molar-refractivity contribution in [3.8, 4) is 0 Å². The van der Waals surface area contributed by atoms with Crippen LogP contribution >= 0.6 is 0 Å². The highest BCUT2D eigenvalue weighted by atomic mass is 32.2. The Balaban J connectivity index is 2.29. The van der Waals surface area contributed by atoms with E-state index in [0.29, 0.717) is 12.8 Å². The summed E-state index contributed by atoms with van der Waals surface area (Å²) in [6.07, 6.45) is 3.03. The highest BCUT2D eigenvalue weighted by Crippen LogP contribution is 2.25. The standard InChI is InChI=1S/C16H22N2O4S/c1-16(2,18-15(19)20)9-12-10-17-14-11(5-4-6-13(12)14)7-8-23(3,21)22/h4-6,10,17-18H,7-9H2,1-3H3,(H,19,20). The van der Waals surface area contributed by atoms with E-state index in [9.17, 15) is 13.2 Å². The van der Waals surface area contributed by atoms with Crippen LogP contribution in [0, 0.1) is 0 Å². The van der Waals surface area contributed by atoms with Crippen molar-refractivity contribution in [1.29, 1.82) is 0 Å². The van der Waals surface area contributed by atoms with Gasteiger partial charge < -0.3 is 15.4 Å². The molecule has 3 N–H and O–H groups in total. The van der Waals surface area contributed by atoms with Gasteiger partial charge in [-0.05, 0) is 37.8 Å². The van der Waals surface area contributed by atoms with Gasteiger partial charge in [-0.2, -0.15) is 0 Å². The molecule has 0 fully saturated rings. The van der Waals surface area contributed by atoms with E-state index in [1.165, 1.54) is 6.26 Å². The minimum absolute atomic E-state index is 0.104. The second kappa shape index (κ2) is 6.23. The Labute approximate surface area is 135 Å². The van der Waals surface area contributed by atoms with Gasteiger partial charge >= 0.3 is 6.09 Å². The molecule has 1 heterocycles. The number of fused-ring (bicyclic) bond motifs is 1. The Bertz CT molecular complexity index is 822. The van der Waals surface area contributed by atoms with Crippen molar-refractivity contribution in [2.45, 2.75) is 32.2 Å². The number of sulfone groups is 1. The Kier molecular flexibility index (Phi) is 4.70. The first kappa shape index (κ1) is 17.3. The van der Waals surface area contributed by atoms with E-state index in [2.05, 4.69) is 10.3 Å². The summed E-state index contributed by atoms with van der Waals surface area (Å²) in [4.78, 5) is 14.1. The third-order valence-corrected chi connectivity index (χ3v) is 4.65. The smallest absolute Gasteiger partial charge is 0.405 e. The first-order valence-electron chi connectivity index (χ1n) is 7.34. The summed E-state index contributed by atoms with van der Waals surface area (Å²) in [6, 6.07) is 5.77. The number of aromatic nitrogens is 1. The molecule has 2 rings (SSSR count). The molecule has 6 nitrogen and oxygen atoms in total. The van der Waals surface area contributed by atoms with Crippen LogP contribution in [0.1, 0.15) is 25.0 Å². The van der Waals surface area contributed by atoms with E-state index in [1.54, 1.807) is 0 Å². The van der Waals surface area contributed by atoms with Gasteiger partial charge in [0.25, 0.3) is 0 Å². The molecule has 0 spiro atoms. The molecule has 7 heteroatoms.